The van der Waals surface area contributed by atoms with E-state index in [2.05, 4.69) is 10.6 Å². The molecule has 2 unspecified atom stereocenters. The van der Waals surface area contributed by atoms with Crippen molar-refractivity contribution in [3.63, 3.8) is 0 Å². The second-order valence-electron chi connectivity index (χ2n) is 7.25. The van der Waals surface area contributed by atoms with Crippen LogP contribution < -0.4 is 10.6 Å². The number of aliphatic hydroxyl groups is 1. The number of carbonyl (C=O) groups excluding carboxylic acids is 1. The number of rotatable bonds is 6. The van der Waals surface area contributed by atoms with E-state index in [4.69, 9.17) is 0 Å². The summed E-state index contributed by atoms with van der Waals surface area (Å²) in [5, 5.41) is 15.2. The Hall–Kier alpha value is -1.66. The van der Waals surface area contributed by atoms with Crippen LogP contribution in [-0.2, 0) is 13.1 Å². The molecule has 1 aliphatic carbocycles. The molecular weight excluding hydrogens is 309 g/mol. The summed E-state index contributed by atoms with van der Waals surface area (Å²) in [7, 11) is 3.78. The van der Waals surface area contributed by atoms with Crippen LogP contribution in [0.3, 0.4) is 0 Å². The second kappa shape index (κ2) is 7.94. The average Bonchev–Trinajstić information content (AvgIpc) is 2.89. The molecule has 1 saturated carbocycles. The summed E-state index contributed by atoms with van der Waals surface area (Å²) in [4.78, 5) is 14.0. The highest BCUT2D eigenvalue weighted by Gasteiger charge is 2.39. The predicted molar refractivity (Wildman–Crippen MR) is 92.0 cm³/mol. The number of amides is 2. The Balaban J connectivity index is 1.87. The Kier molecular flexibility index (Phi) is 6.18. The lowest BCUT2D eigenvalue weighted by Crippen LogP contribution is -2.48. The molecule has 24 heavy (non-hydrogen) atoms. The Morgan fingerprint density at radius 3 is 2.83 bits per heavy atom. The van der Waals surface area contributed by atoms with Crippen molar-refractivity contribution in [1.29, 1.82) is 0 Å². The van der Waals surface area contributed by atoms with E-state index in [9.17, 15) is 14.3 Å². The van der Waals surface area contributed by atoms with Gasteiger partial charge in [-0.3, -0.25) is 0 Å². The fourth-order valence-electron chi connectivity index (χ4n) is 3.23. The van der Waals surface area contributed by atoms with E-state index in [1.54, 1.807) is 6.07 Å². The first-order chi connectivity index (χ1) is 11.3. The number of carbonyl (C=O) groups is 1. The Morgan fingerprint density at radius 2 is 2.21 bits per heavy atom. The van der Waals surface area contributed by atoms with Crippen molar-refractivity contribution in [1.82, 2.24) is 15.5 Å². The molecule has 1 aliphatic rings. The van der Waals surface area contributed by atoms with E-state index in [1.807, 2.05) is 32.0 Å². The molecule has 5 nitrogen and oxygen atoms in total. The van der Waals surface area contributed by atoms with Crippen LogP contribution in [0.25, 0.3) is 0 Å². The molecule has 6 heteroatoms. The zero-order valence-corrected chi connectivity index (χ0v) is 14.7. The van der Waals surface area contributed by atoms with Gasteiger partial charge < -0.3 is 20.6 Å². The van der Waals surface area contributed by atoms with Gasteiger partial charge in [0.25, 0.3) is 0 Å². The fraction of sp³-hybridized carbons (Fsp3) is 0.611. The van der Waals surface area contributed by atoms with Gasteiger partial charge in [0.15, 0.2) is 0 Å². The molecule has 0 bridgehead atoms. The molecule has 1 aromatic rings. The van der Waals surface area contributed by atoms with Gasteiger partial charge >= 0.3 is 6.03 Å². The SMILES string of the molecule is CN(C)Cc1ccc(CNC(=O)NC2CCCC2(C)CO)cc1F. The standard InChI is InChI=1S/C18H28FN3O2/c1-18(12-23)8-4-5-16(18)21-17(24)20-10-13-6-7-14(11-22(2)3)15(19)9-13/h6-7,9,16,23H,4-5,8,10-12H2,1-3H3,(H2,20,21,24). The smallest absolute Gasteiger partial charge is 0.315 e. The van der Waals surface area contributed by atoms with E-state index in [0.29, 0.717) is 12.1 Å². The number of aliphatic hydroxyl groups excluding tert-OH is 1. The molecule has 0 saturated heterocycles. The number of nitrogens with zero attached hydrogens (tertiary/aromatic N) is 1. The molecule has 1 aromatic carbocycles. The maximum absolute atomic E-state index is 14.0. The van der Waals surface area contributed by atoms with Gasteiger partial charge in [-0.15, -0.1) is 0 Å². The molecule has 1 fully saturated rings. The van der Waals surface area contributed by atoms with Gasteiger partial charge in [0.05, 0.1) is 6.61 Å². The van der Waals surface area contributed by atoms with Gasteiger partial charge in [-0.25, -0.2) is 9.18 Å². The first kappa shape index (κ1) is 18.7. The van der Waals surface area contributed by atoms with E-state index >= 15 is 0 Å². The molecule has 2 atom stereocenters. The summed E-state index contributed by atoms with van der Waals surface area (Å²) in [6.45, 7) is 2.87. The number of benzene rings is 1. The van der Waals surface area contributed by atoms with E-state index in [0.717, 1.165) is 24.8 Å². The minimum absolute atomic E-state index is 0.0262. The van der Waals surface area contributed by atoms with Crippen LogP contribution in [0.1, 0.15) is 37.3 Å². The van der Waals surface area contributed by atoms with Crippen LogP contribution >= 0.6 is 0 Å². The molecular formula is C18H28FN3O2. The van der Waals surface area contributed by atoms with Crippen LogP contribution in [0.2, 0.25) is 0 Å². The molecule has 2 rings (SSSR count). The van der Waals surface area contributed by atoms with E-state index in [1.165, 1.54) is 6.07 Å². The highest BCUT2D eigenvalue weighted by atomic mass is 19.1. The fourth-order valence-corrected chi connectivity index (χ4v) is 3.23. The molecule has 3 N–H and O–H groups in total. The Morgan fingerprint density at radius 1 is 1.46 bits per heavy atom. The third kappa shape index (κ3) is 4.68. The summed E-state index contributed by atoms with van der Waals surface area (Å²) in [5.74, 6) is -0.257. The summed E-state index contributed by atoms with van der Waals surface area (Å²) >= 11 is 0. The maximum atomic E-state index is 14.0. The van der Waals surface area contributed by atoms with Gasteiger partial charge in [0.1, 0.15) is 5.82 Å². The normalized spacial score (nSPS) is 23.5. The molecule has 0 aliphatic heterocycles. The van der Waals surface area contributed by atoms with Crippen molar-refractivity contribution in [2.75, 3.05) is 20.7 Å². The quantitative estimate of drug-likeness (QED) is 0.746. The number of hydrogen-bond donors (Lipinski definition) is 3. The number of halogens is 1. The van der Waals surface area contributed by atoms with Gasteiger partial charge in [-0.2, -0.15) is 0 Å². The summed E-state index contributed by atoms with van der Waals surface area (Å²) in [6.07, 6.45) is 2.78. The summed E-state index contributed by atoms with van der Waals surface area (Å²) < 4.78 is 14.0. The average molecular weight is 337 g/mol. The van der Waals surface area contributed by atoms with Crippen molar-refractivity contribution >= 4 is 6.03 Å². The predicted octanol–water partition coefficient (Wildman–Crippen LogP) is 2.24. The van der Waals surface area contributed by atoms with Crippen LogP contribution in [0.4, 0.5) is 9.18 Å². The molecule has 0 radical (unpaired) electrons. The Labute approximate surface area is 143 Å². The zero-order chi connectivity index (χ0) is 17.7. The number of hydrogen-bond acceptors (Lipinski definition) is 3. The summed E-state index contributed by atoms with van der Waals surface area (Å²) in [5.41, 5.74) is 1.11. The van der Waals surface area contributed by atoms with Crippen molar-refractivity contribution < 1.29 is 14.3 Å². The zero-order valence-electron chi connectivity index (χ0n) is 14.7. The molecule has 0 spiro atoms. The lowest BCUT2D eigenvalue weighted by atomic mass is 9.86. The second-order valence-corrected chi connectivity index (χ2v) is 7.25. The van der Waals surface area contributed by atoms with Crippen LogP contribution in [-0.4, -0.2) is 42.8 Å². The van der Waals surface area contributed by atoms with E-state index < -0.39 is 0 Å². The lowest BCUT2D eigenvalue weighted by Gasteiger charge is -2.30. The largest absolute Gasteiger partial charge is 0.396 e. The van der Waals surface area contributed by atoms with Crippen LogP contribution in [0.15, 0.2) is 18.2 Å². The monoisotopic (exact) mass is 337 g/mol. The third-order valence-electron chi connectivity index (χ3n) is 4.81. The number of nitrogens with one attached hydrogen (secondary N) is 2. The summed E-state index contributed by atoms with van der Waals surface area (Å²) in [6, 6.07) is 4.74. The van der Waals surface area contributed by atoms with Crippen molar-refractivity contribution in [2.45, 2.75) is 45.3 Å². The van der Waals surface area contributed by atoms with Gasteiger partial charge in [-0.1, -0.05) is 25.5 Å². The molecule has 2 amide bonds. The highest BCUT2D eigenvalue weighted by molar-refractivity contribution is 5.74. The van der Waals surface area contributed by atoms with Crippen LogP contribution in [0.5, 0.6) is 0 Å². The molecule has 0 heterocycles. The highest BCUT2D eigenvalue weighted by Crippen LogP contribution is 2.37. The van der Waals surface area contributed by atoms with Gasteiger partial charge in [0.2, 0.25) is 0 Å². The minimum atomic E-state index is -0.278. The topological polar surface area (TPSA) is 64.6 Å². The van der Waals surface area contributed by atoms with Gasteiger partial charge in [-0.05, 0) is 38.6 Å². The molecule has 134 valence electrons. The van der Waals surface area contributed by atoms with Crippen molar-refractivity contribution in [3.8, 4) is 0 Å². The lowest BCUT2D eigenvalue weighted by molar-refractivity contribution is 0.121. The first-order valence-electron chi connectivity index (χ1n) is 8.41. The van der Waals surface area contributed by atoms with Gasteiger partial charge in [0, 0.05) is 30.1 Å². The number of urea groups is 1. The third-order valence-corrected chi connectivity index (χ3v) is 4.81. The van der Waals surface area contributed by atoms with E-state index in [-0.39, 0.29) is 36.5 Å². The first-order valence-corrected chi connectivity index (χ1v) is 8.41. The van der Waals surface area contributed by atoms with Crippen molar-refractivity contribution in [2.24, 2.45) is 5.41 Å². The maximum Gasteiger partial charge on any atom is 0.315 e. The van der Waals surface area contributed by atoms with Crippen LogP contribution in [0, 0.1) is 11.2 Å². The molecule has 0 aromatic heterocycles. The Bertz CT molecular complexity index is 579. The van der Waals surface area contributed by atoms with Crippen molar-refractivity contribution in [3.05, 3.63) is 35.1 Å². The minimum Gasteiger partial charge on any atom is -0.396 e.